The van der Waals surface area contributed by atoms with Crippen LogP contribution in [0, 0.1) is 5.82 Å². The highest BCUT2D eigenvalue weighted by Crippen LogP contribution is 2.24. The number of ether oxygens (including phenoxy) is 1. The lowest BCUT2D eigenvalue weighted by molar-refractivity contribution is -0.0287. The Morgan fingerprint density at radius 3 is 2.62 bits per heavy atom. The van der Waals surface area contributed by atoms with Crippen molar-refractivity contribution >= 4 is 0 Å². The first kappa shape index (κ1) is 17.6. The van der Waals surface area contributed by atoms with Crippen molar-refractivity contribution in [2.24, 2.45) is 0 Å². The zero-order valence-corrected chi connectivity index (χ0v) is 14.6. The molecule has 2 atom stereocenters. The molecule has 0 aliphatic carbocycles. The van der Waals surface area contributed by atoms with Crippen LogP contribution < -0.4 is 4.74 Å². The molecule has 2 fully saturated rings. The van der Waals surface area contributed by atoms with Crippen molar-refractivity contribution in [1.29, 1.82) is 0 Å². The summed E-state index contributed by atoms with van der Waals surface area (Å²) in [4.78, 5) is 6.99. The van der Waals surface area contributed by atoms with E-state index in [1.54, 1.807) is 13.2 Å². The Kier molecular flexibility index (Phi) is 5.71. The van der Waals surface area contributed by atoms with Gasteiger partial charge in [-0.1, -0.05) is 6.07 Å². The van der Waals surface area contributed by atoms with E-state index in [0.717, 1.165) is 44.7 Å². The van der Waals surface area contributed by atoms with Gasteiger partial charge in [0.1, 0.15) is 11.6 Å². The molecule has 5 nitrogen and oxygen atoms in total. The number of methoxy groups -OCH3 is 1. The zero-order valence-electron chi connectivity index (χ0n) is 14.6. The Morgan fingerprint density at radius 1 is 1.21 bits per heavy atom. The van der Waals surface area contributed by atoms with Crippen LogP contribution in [0.4, 0.5) is 4.39 Å². The van der Waals surface area contributed by atoms with E-state index in [9.17, 15) is 9.50 Å². The van der Waals surface area contributed by atoms with Crippen LogP contribution in [-0.4, -0.2) is 85.4 Å². The number of β-amino-alcohol motifs (C(OH)–C–C–N with tert-alkyl or cyclic N) is 1. The number of rotatable bonds is 4. The van der Waals surface area contributed by atoms with Crippen LogP contribution in [0.25, 0.3) is 0 Å². The Morgan fingerprint density at radius 2 is 1.96 bits per heavy atom. The van der Waals surface area contributed by atoms with Crippen molar-refractivity contribution < 1.29 is 14.2 Å². The van der Waals surface area contributed by atoms with E-state index in [4.69, 9.17) is 4.74 Å². The van der Waals surface area contributed by atoms with Gasteiger partial charge in [0.15, 0.2) is 0 Å². The fraction of sp³-hybridized carbons (Fsp3) is 0.667. The van der Waals surface area contributed by atoms with Gasteiger partial charge < -0.3 is 14.7 Å². The van der Waals surface area contributed by atoms with Gasteiger partial charge in [0.25, 0.3) is 0 Å². The lowest BCUT2D eigenvalue weighted by Crippen LogP contribution is -2.58. The maximum Gasteiger partial charge on any atom is 0.126 e. The van der Waals surface area contributed by atoms with E-state index in [0.29, 0.717) is 18.8 Å². The number of aliphatic hydroxyl groups is 1. The molecule has 2 aliphatic heterocycles. The lowest BCUT2D eigenvalue weighted by atomic mass is 9.98. The van der Waals surface area contributed by atoms with Gasteiger partial charge in [0.2, 0.25) is 0 Å². The molecule has 3 rings (SSSR count). The van der Waals surface area contributed by atoms with Crippen LogP contribution in [-0.2, 0) is 6.54 Å². The van der Waals surface area contributed by atoms with Crippen molar-refractivity contribution in [2.45, 2.75) is 25.1 Å². The summed E-state index contributed by atoms with van der Waals surface area (Å²) in [6, 6.07) is 4.91. The molecule has 0 spiro atoms. The minimum absolute atomic E-state index is 0.255. The molecular weight excluding hydrogens is 309 g/mol. The smallest absolute Gasteiger partial charge is 0.126 e. The van der Waals surface area contributed by atoms with Crippen LogP contribution in [0.3, 0.4) is 0 Å². The van der Waals surface area contributed by atoms with Crippen molar-refractivity contribution in [3.05, 3.63) is 29.6 Å². The summed E-state index contributed by atoms with van der Waals surface area (Å²) < 4.78 is 18.6. The number of nitrogens with zero attached hydrogens (tertiary/aromatic N) is 3. The minimum Gasteiger partial charge on any atom is -0.496 e. The van der Waals surface area contributed by atoms with Crippen molar-refractivity contribution in [3.8, 4) is 5.75 Å². The molecule has 0 aromatic heterocycles. The standard InChI is InChI=1S/C18H28FN3O2/c1-20-7-9-22(10-8-20)16-5-6-21(13-17(16)23)12-14-3-4-15(19)11-18(14)24-2/h3-4,11,16-17,23H,5-10,12-13H2,1-2H3/t16-,17-/m1/s1. The molecule has 24 heavy (non-hydrogen) atoms. The van der Waals surface area contributed by atoms with Gasteiger partial charge in [-0.2, -0.15) is 0 Å². The van der Waals surface area contributed by atoms with Crippen molar-refractivity contribution in [3.63, 3.8) is 0 Å². The van der Waals surface area contributed by atoms with E-state index in [-0.39, 0.29) is 18.0 Å². The Hall–Kier alpha value is -1.21. The van der Waals surface area contributed by atoms with Gasteiger partial charge in [0, 0.05) is 63.5 Å². The van der Waals surface area contributed by atoms with E-state index in [1.165, 1.54) is 12.1 Å². The number of likely N-dealkylation sites (tertiary alicyclic amines) is 1. The summed E-state index contributed by atoms with van der Waals surface area (Å²) in [5.74, 6) is 0.287. The number of piperidine rings is 1. The third-order valence-electron chi connectivity index (χ3n) is 5.28. The number of hydrogen-bond acceptors (Lipinski definition) is 5. The van der Waals surface area contributed by atoms with Crippen LogP contribution in [0.2, 0.25) is 0 Å². The first-order valence-electron chi connectivity index (χ1n) is 8.72. The largest absolute Gasteiger partial charge is 0.496 e. The number of aliphatic hydroxyl groups excluding tert-OH is 1. The third-order valence-corrected chi connectivity index (χ3v) is 5.28. The predicted octanol–water partition coefficient (Wildman–Crippen LogP) is 1.02. The normalized spacial score (nSPS) is 27.3. The average Bonchev–Trinajstić information content (AvgIpc) is 2.58. The molecule has 1 aromatic carbocycles. The molecule has 1 N–H and O–H groups in total. The van der Waals surface area contributed by atoms with Gasteiger partial charge in [-0.05, 0) is 19.5 Å². The quantitative estimate of drug-likeness (QED) is 0.888. The van der Waals surface area contributed by atoms with Crippen LogP contribution in [0.1, 0.15) is 12.0 Å². The van der Waals surface area contributed by atoms with Crippen molar-refractivity contribution in [1.82, 2.24) is 14.7 Å². The Labute approximate surface area is 143 Å². The second-order valence-electron chi connectivity index (χ2n) is 6.95. The summed E-state index contributed by atoms with van der Waals surface area (Å²) in [5.41, 5.74) is 0.962. The summed E-state index contributed by atoms with van der Waals surface area (Å²) >= 11 is 0. The molecular formula is C18H28FN3O2. The highest BCUT2D eigenvalue weighted by atomic mass is 19.1. The van der Waals surface area contributed by atoms with Crippen LogP contribution in [0.5, 0.6) is 5.75 Å². The minimum atomic E-state index is -0.339. The third kappa shape index (κ3) is 4.06. The lowest BCUT2D eigenvalue weighted by Gasteiger charge is -2.44. The predicted molar refractivity (Wildman–Crippen MR) is 91.7 cm³/mol. The molecule has 0 unspecified atom stereocenters. The molecule has 1 aromatic rings. The Bertz CT molecular complexity index is 549. The topological polar surface area (TPSA) is 39.2 Å². The number of likely N-dealkylation sites (N-methyl/N-ethyl adjacent to an activating group) is 1. The monoisotopic (exact) mass is 337 g/mol. The molecule has 0 bridgehead atoms. The number of hydrogen-bond donors (Lipinski definition) is 1. The maximum atomic E-state index is 13.3. The first-order chi connectivity index (χ1) is 11.6. The van der Waals surface area contributed by atoms with Gasteiger partial charge in [-0.3, -0.25) is 9.80 Å². The number of piperazine rings is 1. The summed E-state index contributed by atoms with van der Waals surface area (Å²) in [5, 5.41) is 10.6. The van der Waals surface area contributed by atoms with Crippen molar-refractivity contribution in [2.75, 3.05) is 53.4 Å². The number of benzene rings is 1. The highest BCUT2D eigenvalue weighted by molar-refractivity contribution is 5.34. The van der Waals surface area contributed by atoms with Gasteiger partial charge in [0.05, 0.1) is 13.2 Å². The van der Waals surface area contributed by atoms with E-state index in [2.05, 4.69) is 21.7 Å². The molecule has 134 valence electrons. The second kappa shape index (κ2) is 7.78. The van der Waals surface area contributed by atoms with Gasteiger partial charge >= 0.3 is 0 Å². The molecule has 2 saturated heterocycles. The highest BCUT2D eigenvalue weighted by Gasteiger charge is 2.33. The molecule has 2 heterocycles. The van der Waals surface area contributed by atoms with Gasteiger partial charge in [-0.15, -0.1) is 0 Å². The Balaban J connectivity index is 1.57. The summed E-state index contributed by atoms with van der Waals surface area (Å²) in [6.45, 7) is 6.47. The zero-order chi connectivity index (χ0) is 17.1. The molecule has 0 radical (unpaired) electrons. The first-order valence-corrected chi connectivity index (χ1v) is 8.72. The molecule has 0 amide bonds. The SMILES string of the molecule is COc1cc(F)ccc1CN1CC[C@@H](N2CCN(C)CC2)[C@H](O)C1. The van der Waals surface area contributed by atoms with Gasteiger partial charge in [-0.25, -0.2) is 4.39 Å². The van der Waals surface area contributed by atoms with E-state index >= 15 is 0 Å². The van der Waals surface area contributed by atoms with Crippen LogP contribution in [0.15, 0.2) is 18.2 Å². The van der Waals surface area contributed by atoms with Crippen LogP contribution >= 0.6 is 0 Å². The second-order valence-corrected chi connectivity index (χ2v) is 6.95. The molecule has 2 aliphatic rings. The fourth-order valence-corrected chi connectivity index (χ4v) is 3.80. The fourth-order valence-electron chi connectivity index (χ4n) is 3.80. The summed E-state index contributed by atoms with van der Waals surface area (Å²) in [7, 11) is 3.71. The number of halogens is 1. The van der Waals surface area contributed by atoms with E-state index < -0.39 is 0 Å². The molecule has 0 saturated carbocycles. The maximum absolute atomic E-state index is 13.3. The average molecular weight is 337 g/mol. The summed E-state index contributed by atoms with van der Waals surface area (Å²) in [6.07, 6.45) is 0.627. The van der Waals surface area contributed by atoms with E-state index in [1.807, 2.05) is 0 Å². The molecule has 6 heteroatoms.